The topological polar surface area (TPSA) is 61.8 Å². The first-order valence-electron chi connectivity index (χ1n) is 3.27. The van der Waals surface area contributed by atoms with Crippen molar-refractivity contribution in [2.24, 2.45) is 7.05 Å². The van der Waals surface area contributed by atoms with Crippen molar-refractivity contribution in [1.82, 2.24) is 9.55 Å². The predicted octanol–water partition coefficient (Wildman–Crippen LogP) is 0.367. The molecule has 0 fully saturated rings. The molecule has 0 spiro atoms. The summed E-state index contributed by atoms with van der Waals surface area (Å²) in [6.45, 7) is 0. The molecule has 1 unspecified atom stereocenters. The molecule has 1 atom stereocenters. The van der Waals surface area contributed by atoms with Gasteiger partial charge in [0.2, 0.25) is 0 Å². The fourth-order valence-corrected chi connectivity index (χ4v) is 0.880. The van der Waals surface area contributed by atoms with E-state index < -0.39 is 6.10 Å². The number of hydrogen-bond acceptors (Lipinski definition) is 3. The van der Waals surface area contributed by atoms with Crippen LogP contribution in [0.4, 0.5) is 0 Å². The van der Waals surface area contributed by atoms with Crippen molar-refractivity contribution in [3.05, 3.63) is 18.2 Å². The molecule has 0 aliphatic rings. The summed E-state index contributed by atoms with van der Waals surface area (Å²) < 4.78 is 1.70. The van der Waals surface area contributed by atoms with Crippen LogP contribution in [0.25, 0.3) is 0 Å². The Morgan fingerprint density at radius 3 is 3.09 bits per heavy atom. The minimum Gasteiger partial charge on any atom is -0.386 e. The summed E-state index contributed by atoms with van der Waals surface area (Å²) in [5.74, 6) is 0. The number of imidazole rings is 1. The fraction of sp³-hybridized carbons (Fsp3) is 0.429. The van der Waals surface area contributed by atoms with E-state index in [1.165, 1.54) is 0 Å². The van der Waals surface area contributed by atoms with Gasteiger partial charge in [-0.15, -0.1) is 0 Å². The molecule has 4 nitrogen and oxygen atoms in total. The Hall–Kier alpha value is -1.34. The summed E-state index contributed by atoms with van der Waals surface area (Å²) in [6, 6.07) is 1.89. The van der Waals surface area contributed by atoms with Gasteiger partial charge in [-0.25, -0.2) is 4.98 Å². The molecule has 0 radical (unpaired) electrons. The molecule has 0 saturated heterocycles. The van der Waals surface area contributed by atoms with Crippen molar-refractivity contribution in [3.63, 3.8) is 0 Å². The van der Waals surface area contributed by atoms with Crippen molar-refractivity contribution in [2.75, 3.05) is 0 Å². The second kappa shape index (κ2) is 3.17. The van der Waals surface area contributed by atoms with Gasteiger partial charge in [-0.2, -0.15) is 5.26 Å². The molecule has 4 heteroatoms. The average molecular weight is 151 g/mol. The maximum absolute atomic E-state index is 9.31. The smallest absolute Gasteiger partial charge is 0.108 e. The summed E-state index contributed by atoms with van der Waals surface area (Å²) in [6.07, 6.45) is 2.55. The fourth-order valence-electron chi connectivity index (χ4n) is 0.880. The van der Waals surface area contributed by atoms with Gasteiger partial charge < -0.3 is 9.67 Å². The average Bonchev–Trinajstić information content (AvgIpc) is 2.36. The van der Waals surface area contributed by atoms with E-state index in [2.05, 4.69) is 4.98 Å². The second-order valence-corrected chi connectivity index (χ2v) is 2.31. The van der Waals surface area contributed by atoms with Crippen LogP contribution in [0.3, 0.4) is 0 Å². The first-order chi connectivity index (χ1) is 5.25. The van der Waals surface area contributed by atoms with E-state index in [-0.39, 0.29) is 6.42 Å². The summed E-state index contributed by atoms with van der Waals surface area (Å²) >= 11 is 0. The number of nitrogens with zero attached hydrogens (tertiary/aromatic N) is 3. The molecule has 0 aliphatic carbocycles. The molecular formula is C7H9N3O. The molecular weight excluding hydrogens is 142 g/mol. The Balaban J connectivity index is 2.77. The highest BCUT2D eigenvalue weighted by molar-refractivity contribution is 5.03. The quantitative estimate of drug-likeness (QED) is 0.664. The standard InChI is InChI=1S/C7H9N3O/c1-10-5-9-4-6(10)7(11)2-3-8/h4-5,7,11H,2H2,1H3. The van der Waals surface area contributed by atoms with Gasteiger partial charge in [0.15, 0.2) is 0 Å². The highest BCUT2D eigenvalue weighted by atomic mass is 16.3. The van der Waals surface area contributed by atoms with Crippen molar-refractivity contribution >= 4 is 0 Å². The monoisotopic (exact) mass is 151 g/mol. The maximum atomic E-state index is 9.31. The Bertz CT molecular complexity index is 273. The second-order valence-electron chi connectivity index (χ2n) is 2.31. The molecule has 1 aromatic heterocycles. The molecule has 0 bridgehead atoms. The number of hydrogen-bond donors (Lipinski definition) is 1. The Kier molecular flexibility index (Phi) is 2.24. The third-order valence-electron chi connectivity index (χ3n) is 1.48. The molecule has 1 N–H and O–H groups in total. The highest BCUT2D eigenvalue weighted by Gasteiger charge is 2.09. The van der Waals surface area contributed by atoms with Gasteiger partial charge in [0.05, 0.1) is 30.7 Å². The van der Waals surface area contributed by atoms with E-state index in [1.54, 1.807) is 24.1 Å². The van der Waals surface area contributed by atoms with Gasteiger partial charge in [0, 0.05) is 7.05 Å². The zero-order valence-corrected chi connectivity index (χ0v) is 6.23. The van der Waals surface area contributed by atoms with Gasteiger partial charge in [0.1, 0.15) is 6.10 Å². The molecule has 58 valence electrons. The number of aliphatic hydroxyl groups is 1. The summed E-state index contributed by atoms with van der Waals surface area (Å²) in [4.78, 5) is 3.82. The lowest BCUT2D eigenvalue weighted by Gasteiger charge is -2.05. The molecule has 0 aliphatic heterocycles. The van der Waals surface area contributed by atoms with Crippen LogP contribution in [0.15, 0.2) is 12.5 Å². The SMILES string of the molecule is Cn1cncc1C(O)CC#N. The first-order valence-corrected chi connectivity index (χ1v) is 3.27. The lowest BCUT2D eigenvalue weighted by molar-refractivity contribution is 0.175. The first kappa shape index (κ1) is 7.76. The molecule has 1 aromatic rings. The summed E-state index contributed by atoms with van der Waals surface area (Å²) in [5, 5.41) is 17.6. The molecule has 0 aromatic carbocycles. The van der Waals surface area contributed by atoms with E-state index in [0.717, 1.165) is 0 Å². The molecule has 1 heterocycles. The van der Waals surface area contributed by atoms with E-state index >= 15 is 0 Å². The van der Waals surface area contributed by atoms with Crippen molar-refractivity contribution in [2.45, 2.75) is 12.5 Å². The van der Waals surface area contributed by atoms with Crippen LogP contribution in [-0.2, 0) is 7.05 Å². The molecule has 11 heavy (non-hydrogen) atoms. The largest absolute Gasteiger partial charge is 0.386 e. The van der Waals surface area contributed by atoms with Crippen molar-refractivity contribution in [3.8, 4) is 6.07 Å². The summed E-state index contributed by atoms with van der Waals surface area (Å²) in [7, 11) is 1.78. The van der Waals surface area contributed by atoms with E-state index in [9.17, 15) is 5.11 Å². The van der Waals surface area contributed by atoms with Crippen LogP contribution in [0.1, 0.15) is 18.2 Å². The normalized spacial score (nSPS) is 12.5. The van der Waals surface area contributed by atoms with Gasteiger partial charge in [-0.3, -0.25) is 0 Å². The van der Waals surface area contributed by atoms with Crippen LogP contribution >= 0.6 is 0 Å². The van der Waals surface area contributed by atoms with Gasteiger partial charge in [-0.05, 0) is 0 Å². The van der Waals surface area contributed by atoms with E-state index in [4.69, 9.17) is 5.26 Å². The zero-order chi connectivity index (χ0) is 8.27. The number of aromatic nitrogens is 2. The third-order valence-corrected chi connectivity index (χ3v) is 1.48. The lowest BCUT2D eigenvalue weighted by atomic mass is 10.2. The highest BCUT2D eigenvalue weighted by Crippen LogP contribution is 2.13. The minimum atomic E-state index is -0.715. The summed E-state index contributed by atoms with van der Waals surface area (Å²) in [5.41, 5.74) is 0.673. The number of aryl methyl sites for hydroxylation is 1. The lowest BCUT2D eigenvalue weighted by Crippen LogP contribution is -2.02. The minimum absolute atomic E-state index is 0.111. The van der Waals surface area contributed by atoms with E-state index in [0.29, 0.717) is 5.69 Å². The maximum Gasteiger partial charge on any atom is 0.108 e. The van der Waals surface area contributed by atoms with Crippen LogP contribution < -0.4 is 0 Å². The third kappa shape index (κ3) is 1.57. The van der Waals surface area contributed by atoms with Crippen molar-refractivity contribution < 1.29 is 5.11 Å². The predicted molar refractivity (Wildman–Crippen MR) is 38.4 cm³/mol. The Morgan fingerprint density at radius 1 is 1.91 bits per heavy atom. The number of aliphatic hydroxyl groups excluding tert-OH is 1. The van der Waals surface area contributed by atoms with Gasteiger partial charge in [-0.1, -0.05) is 0 Å². The van der Waals surface area contributed by atoms with Crippen LogP contribution in [0.2, 0.25) is 0 Å². The van der Waals surface area contributed by atoms with E-state index in [1.807, 2.05) is 6.07 Å². The van der Waals surface area contributed by atoms with Gasteiger partial charge >= 0.3 is 0 Å². The number of nitriles is 1. The van der Waals surface area contributed by atoms with Crippen LogP contribution in [0, 0.1) is 11.3 Å². The molecule has 0 amide bonds. The Morgan fingerprint density at radius 2 is 2.64 bits per heavy atom. The van der Waals surface area contributed by atoms with Gasteiger partial charge in [0.25, 0.3) is 0 Å². The van der Waals surface area contributed by atoms with Crippen LogP contribution in [0.5, 0.6) is 0 Å². The zero-order valence-electron chi connectivity index (χ0n) is 6.23. The van der Waals surface area contributed by atoms with Crippen LogP contribution in [-0.4, -0.2) is 14.7 Å². The molecule has 1 rings (SSSR count). The number of rotatable bonds is 2. The molecule has 0 saturated carbocycles. The Labute approximate surface area is 64.7 Å². The van der Waals surface area contributed by atoms with Crippen molar-refractivity contribution in [1.29, 1.82) is 5.26 Å².